The number of carboxylic acid groups (broad SMARTS) is 1. The van der Waals surface area contributed by atoms with Crippen LogP contribution in [0.2, 0.25) is 0 Å². The van der Waals surface area contributed by atoms with Gasteiger partial charge in [0.1, 0.15) is 0 Å². The van der Waals surface area contributed by atoms with E-state index in [4.69, 9.17) is 9.84 Å². The van der Waals surface area contributed by atoms with Gasteiger partial charge in [-0.3, -0.25) is 0 Å². The summed E-state index contributed by atoms with van der Waals surface area (Å²) in [7, 11) is 0. The topological polar surface area (TPSA) is 84.3 Å². The van der Waals surface area contributed by atoms with Gasteiger partial charge in [-0.1, -0.05) is 35.9 Å². The predicted octanol–water partition coefficient (Wildman–Crippen LogP) is 3.59. The maximum absolute atomic E-state index is 10.7. The van der Waals surface area contributed by atoms with Gasteiger partial charge in [0.05, 0.1) is 12.2 Å². The number of aromatic nitrogens is 2. The maximum Gasteiger partial charge on any atom is 0.341 e. The van der Waals surface area contributed by atoms with Crippen LogP contribution in [0.5, 0.6) is 5.88 Å². The molecule has 128 valence electrons. The van der Waals surface area contributed by atoms with E-state index in [2.05, 4.69) is 15.3 Å². The number of nitrogens with one attached hydrogen (secondary N) is 1. The van der Waals surface area contributed by atoms with Gasteiger partial charge in [-0.15, -0.1) is 11.3 Å². The largest absolute Gasteiger partial charge is 0.479 e. The number of aryl methyl sites for hydroxylation is 1. The van der Waals surface area contributed by atoms with E-state index in [9.17, 15) is 4.79 Å². The Balaban J connectivity index is 1.87. The average molecular weight is 355 g/mol. The minimum atomic E-state index is -1.05. The van der Waals surface area contributed by atoms with Crippen LogP contribution >= 0.6 is 11.3 Å². The molecule has 7 heteroatoms. The molecule has 6 nitrogen and oxygen atoms in total. The Morgan fingerprint density at radius 1 is 1.24 bits per heavy atom. The molecule has 0 unspecified atom stereocenters. The standard InChI is InChI=1S/C18H17N3O3S/c1-12-4-6-13(7-5-12)15-9-16(24-11-17(22)23)21-18(20-15)19-10-14-3-2-8-25-14/h2-9H,10-11H2,1H3,(H,22,23)(H,19,20,21). The number of carbonyl (C=O) groups is 1. The van der Waals surface area contributed by atoms with Gasteiger partial charge >= 0.3 is 5.97 Å². The molecule has 2 heterocycles. The Morgan fingerprint density at radius 2 is 2.04 bits per heavy atom. The second-order valence-corrected chi connectivity index (χ2v) is 6.43. The van der Waals surface area contributed by atoms with Crippen LogP contribution in [0.1, 0.15) is 10.4 Å². The van der Waals surface area contributed by atoms with Crippen LogP contribution in [0.25, 0.3) is 11.3 Å². The number of thiophene rings is 1. The summed E-state index contributed by atoms with van der Waals surface area (Å²) < 4.78 is 5.24. The highest BCUT2D eigenvalue weighted by molar-refractivity contribution is 7.09. The van der Waals surface area contributed by atoms with Crippen LogP contribution in [0.3, 0.4) is 0 Å². The number of anilines is 1. The molecule has 0 bridgehead atoms. The van der Waals surface area contributed by atoms with Crippen molar-refractivity contribution in [2.24, 2.45) is 0 Å². The molecule has 2 aromatic heterocycles. The molecule has 0 atom stereocenters. The normalized spacial score (nSPS) is 10.4. The molecule has 0 fully saturated rings. The van der Waals surface area contributed by atoms with E-state index in [1.54, 1.807) is 17.4 Å². The third-order valence-corrected chi connectivity index (χ3v) is 4.27. The summed E-state index contributed by atoms with van der Waals surface area (Å²) in [5, 5.41) is 14.0. The molecule has 0 amide bonds. The number of benzene rings is 1. The zero-order valence-corrected chi connectivity index (χ0v) is 14.4. The third-order valence-electron chi connectivity index (χ3n) is 3.39. The van der Waals surface area contributed by atoms with Crippen molar-refractivity contribution >= 4 is 23.3 Å². The first-order valence-electron chi connectivity index (χ1n) is 7.67. The molecule has 1 aromatic carbocycles. The van der Waals surface area contributed by atoms with Crippen LogP contribution in [-0.2, 0) is 11.3 Å². The van der Waals surface area contributed by atoms with Crippen molar-refractivity contribution in [2.75, 3.05) is 11.9 Å². The molecule has 3 aromatic rings. The molecule has 0 saturated heterocycles. The third kappa shape index (κ3) is 4.77. The summed E-state index contributed by atoms with van der Waals surface area (Å²) >= 11 is 1.64. The Morgan fingerprint density at radius 3 is 2.72 bits per heavy atom. The number of aliphatic carboxylic acids is 1. The lowest BCUT2D eigenvalue weighted by Crippen LogP contribution is -2.12. The molecule has 0 radical (unpaired) electrons. The molecule has 3 rings (SSSR count). The number of nitrogens with zero attached hydrogens (tertiary/aromatic N) is 2. The molecular formula is C18H17N3O3S. The molecule has 0 spiro atoms. The van der Waals surface area contributed by atoms with Crippen molar-refractivity contribution in [3.8, 4) is 17.1 Å². The van der Waals surface area contributed by atoms with Crippen molar-refractivity contribution in [1.29, 1.82) is 0 Å². The van der Waals surface area contributed by atoms with Crippen molar-refractivity contribution in [2.45, 2.75) is 13.5 Å². The fraction of sp³-hybridized carbons (Fsp3) is 0.167. The summed E-state index contributed by atoms with van der Waals surface area (Å²) in [4.78, 5) is 20.7. The lowest BCUT2D eigenvalue weighted by Gasteiger charge is -2.10. The number of ether oxygens (including phenoxy) is 1. The lowest BCUT2D eigenvalue weighted by atomic mass is 10.1. The quantitative estimate of drug-likeness (QED) is 0.674. The number of hydrogen-bond donors (Lipinski definition) is 2. The summed E-state index contributed by atoms with van der Waals surface area (Å²) in [5.74, 6) is -0.433. The maximum atomic E-state index is 10.7. The second kappa shape index (κ2) is 7.76. The zero-order chi connectivity index (χ0) is 17.6. The molecule has 2 N–H and O–H groups in total. The van der Waals surface area contributed by atoms with Crippen LogP contribution in [0.4, 0.5) is 5.95 Å². The average Bonchev–Trinajstić information content (AvgIpc) is 3.12. The van der Waals surface area contributed by atoms with E-state index in [1.165, 1.54) is 0 Å². The fourth-order valence-corrected chi connectivity index (χ4v) is 2.81. The van der Waals surface area contributed by atoms with Gasteiger partial charge in [-0.2, -0.15) is 4.98 Å². The van der Waals surface area contributed by atoms with E-state index in [1.807, 2.05) is 48.7 Å². The highest BCUT2D eigenvalue weighted by atomic mass is 32.1. The van der Waals surface area contributed by atoms with E-state index in [0.29, 0.717) is 18.2 Å². The van der Waals surface area contributed by atoms with Crippen LogP contribution < -0.4 is 10.1 Å². The fourth-order valence-electron chi connectivity index (χ4n) is 2.17. The van der Waals surface area contributed by atoms with Gasteiger partial charge in [0.2, 0.25) is 11.8 Å². The molecule has 0 saturated carbocycles. The van der Waals surface area contributed by atoms with Crippen molar-refractivity contribution in [3.63, 3.8) is 0 Å². The van der Waals surface area contributed by atoms with E-state index >= 15 is 0 Å². The summed E-state index contributed by atoms with van der Waals surface area (Å²) in [6, 6.07) is 13.5. The Labute approximate surface area is 149 Å². The highest BCUT2D eigenvalue weighted by Gasteiger charge is 2.09. The van der Waals surface area contributed by atoms with E-state index in [0.717, 1.165) is 16.0 Å². The highest BCUT2D eigenvalue weighted by Crippen LogP contribution is 2.23. The number of hydrogen-bond acceptors (Lipinski definition) is 6. The van der Waals surface area contributed by atoms with Gasteiger partial charge in [0.15, 0.2) is 6.61 Å². The van der Waals surface area contributed by atoms with Crippen LogP contribution in [-0.4, -0.2) is 27.7 Å². The van der Waals surface area contributed by atoms with Gasteiger partial charge in [-0.05, 0) is 18.4 Å². The summed E-state index contributed by atoms with van der Waals surface area (Å²) in [5.41, 5.74) is 2.73. The summed E-state index contributed by atoms with van der Waals surface area (Å²) in [6.07, 6.45) is 0. The molecule has 25 heavy (non-hydrogen) atoms. The minimum absolute atomic E-state index is 0.224. The first-order chi connectivity index (χ1) is 12.1. The van der Waals surface area contributed by atoms with Gasteiger partial charge in [0, 0.05) is 16.5 Å². The van der Waals surface area contributed by atoms with Gasteiger partial charge in [-0.25, -0.2) is 9.78 Å². The smallest absolute Gasteiger partial charge is 0.341 e. The number of rotatable bonds is 7. The van der Waals surface area contributed by atoms with Crippen molar-refractivity contribution in [3.05, 3.63) is 58.3 Å². The van der Waals surface area contributed by atoms with Crippen LogP contribution in [0.15, 0.2) is 47.8 Å². The van der Waals surface area contributed by atoms with Gasteiger partial charge in [0.25, 0.3) is 0 Å². The predicted molar refractivity (Wildman–Crippen MR) is 97.0 cm³/mol. The minimum Gasteiger partial charge on any atom is -0.479 e. The zero-order valence-electron chi connectivity index (χ0n) is 13.6. The molecular weight excluding hydrogens is 338 g/mol. The first-order valence-corrected chi connectivity index (χ1v) is 8.55. The lowest BCUT2D eigenvalue weighted by molar-refractivity contribution is -0.139. The second-order valence-electron chi connectivity index (χ2n) is 5.40. The van der Waals surface area contributed by atoms with Gasteiger partial charge < -0.3 is 15.2 Å². The molecule has 0 aliphatic carbocycles. The van der Waals surface area contributed by atoms with Crippen molar-refractivity contribution < 1.29 is 14.6 Å². The molecule has 0 aliphatic heterocycles. The Hall–Kier alpha value is -2.93. The Kier molecular flexibility index (Phi) is 5.25. The van der Waals surface area contributed by atoms with E-state index < -0.39 is 12.6 Å². The SMILES string of the molecule is Cc1ccc(-c2cc(OCC(=O)O)nc(NCc3cccs3)n2)cc1. The number of carboxylic acids is 1. The summed E-state index contributed by atoms with van der Waals surface area (Å²) in [6.45, 7) is 2.15. The monoisotopic (exact) mass is 355 g/mol. The first kappa shape index (κ1) is 16.9. The van der Waals surface area contributed by atoms with E-state index in [-0.39, 0.29) is 5.88 Å². The molecule has 0 aliphatic rings. The van der Waals surface area contributed by atoms with Crippen molar-refractivity contribution in [1.82, 2.24) is 9.97 Å². The van der Waals surface area contributed by atoms with Crippen LogP contribution in [0, 0.1) is 6.92 Å². The Bertz CT molecular complexity index is 849.